The Kier molecular flexibility index (Phi) is 3.92. The molecule has 4 nitrogen and oxygen atoms in total. The molecule has 112 valence electrons. The van der Waals surface area contributed by atoms with Gasteiger partial charge in [0.25, 0.3) is 5.91 Å². The van der Waals surface area contributed by atoms with Crippen LogP contribution in [-0.4, -0.2) is 23.3 Å². The minimum absolute atomic E-state index is 0.0854. The van der Waals surface area contributed by atoms with E-state index in [-0.39, 0.29) is 11.9 Å². The highest BCUT2D eigenvalue weighted by molar-refractivity contribution is 5.99. The molecule has 0 fully saturated rings. The molecule has 2 aromatic carbocycles. The number of carbonyl (C=O) groups is 2. The van der Waals surface area contributed by atoms with Crippen LogP contribution in [0, 0.1) is 0 Å². The van der Waals surface area contributed by atoms with Crippen molar-refractivity contribution in [1.82, 2.24) is 4.90 Å². The number of fused-ring (bicyclic) bond motifs is 1. The zero-order valence-corrected chi connectivity index (χ0v) is 12.4. The van der Waals surface area contributed by atoms with Crippen LogP contribution in [0.1, 0.15) is 34.6 Å². The number of benzene rings is 2. The summed E-state index contributed by atoms with van der Waals surface area (Å²) < 4.78 is 5.38. The molecule has 1 aliphatic rings. The maximum Gasteiger partial charge on any atom is 0.304 e. The number of nitrogens with zero attached hydrogens (tertiary/aromatic N) is 1. The lowest BCUT2D eigenvalue weighted by Gasteiger charge is -2.24. The average molecular weight is 295 g/mol. The summed E-state index contributed by atoms with van der Waals surface area (Å²) in [5, 5.41) is 0. The van der Waals surface area contributed by atoms with Gasteiger partial charge in [0.05, 0.1) is 0 Å². The first-order chi connectivity index (χ1) is 10.7. The Balaban J connectivity index is 1.83. The molecule has 0 N–H and O–H groups in total. The first kappa shape index (κ1) is 14.3. The van der Waals surface area contributed by atoms with E-state index in [1.54, 1.807) is 11.0 Å². The van der Waals surface area contributed by atoms with E-state index in [0.29, 0.717) is 12.1 Å². The molecule has 0 saturated heterocycles. The summed E-state index contributed by atoms with van der Waals surface area (Å²) >= 11 is 0. The van der Waals surface area contributed by atoms with Gasteiger partial charge in [-0.3, -0.25) is 14.5 Å². The molecule has 22 heavy (non-hydrogen) atoms. The van der Waals surface area contributed by atoms with E-state index in [0.717, 1.165) is 17.5 Å². The first-order valence-corrected chi connectivity index (χ1v) is 7.28. The molecule has 3 rings (SSSR count). The van der Waals surface area contributed by atoms with E-state index in [4.69, 9.17) is 4.74 Å². The molecule has 1 unspecified atom stereocenters. The van der Waals surface area contributed by atoms with Gasteiger partial charge in [0.2, 0.25) is 6.23 Å². The third-order valence-corrected chi connectivity index (χ3v) is 3.76. The first-order valence-electron chi connectivity index (χ1n) is 7.28. The molecule has 0 saturated carbocycles. The predicted molar refractivity (Wildman–Crippen MR) is 82.1 cm³/mol. The molecule has 0 aliphatic carbocycles. The number of carbonyl (C=O) groups excluding carboxylic acids is 2. The fraction of sp³-hybridized carbons (Fsp3) is 0.222. The molecule has 1 amide bonds. The van der Waals surface area contributed by atoms with E-state index in [9.17, 15) is 9.59 Å². The second-order valence-electron chi connectivity index (χ2n) is 5.28. The van der Waals surface area contributed by atoms with Crippen molar-refractivity contribution in [3.8, 4) is 0 Å². The molecular weight excluding hydrogens is 278 g/mol. The van der Waals surface area contributed by atoms with Crippen LogP contribution < -0.4 is 0 Å². The van der Waals surface area contributed by atoms with Gasteiger partial charge in [0.1, 0.15) is 0 Å². The van der Waals surface area contributed by atoms with Crippen molar-refractivity contribution < 1.29 is 14.3 Å². The normalized spacial score (nSPS) is 16.5. The number of esters is 1. The molecule has 1 atom stereocenters. The summed E-state index contributed by atoms with van der Waals surface area (Å²) in [6.45, 7) is 1.87. The zero-order chi connectivity index (χ0) is 15.5. The van der Waals surface area contributed by atoms with Crippen molar-refractivity contribution in [2.75, 3.05) is 6.54 Å². The van der Waals surface area contributed by atoms with Gasteiger partial charge in [0.15, 0.2) is 0 Å². The van der Waals surface area contributed by atoms with E-state index in [1.807, 2.05) is 48.5 Å². The maximum atomic E-state index is 12.5. The number of ether oxygens (including phenoxy) is 1. The summed E-state index contributed by atoms with van der Waals surface area (Å²) in [4.78, 5) is 25.5. The van der Waals surface area contributed by atoms with Crippen LogP contribution in [0.3, 0.4) is 0 Å². The van der Waals surface area contributed by atoms with E-state index < -0.39 is 6.23 Å². The van der Waals surface area contributed by atoms with Gasteiger partial charge >= 0.3 is 5.97 Å². The molecule has 0 aromatic heterocycles. The van der Waals surface area contributed by atoms with E-state index >= 15 is 0 Å². The standard InChI is InChI=1S/C18H17NO3/c1-13(20)22-18-16-10-6-5-9-15(16)17(21)19(18)12-11-14-7-3-2-4-8-14/h2-10,18H,11-12H2,1H3. The van der Waals surface area contributed by atoms with Crippen molar-refractivity contribution >= 4 is 11.9 Å². The highest BCUT2D eigenvalue weighted by atomic mass is 16.6. The summed E-state index contributed by atoms with van der Waals surface area (Å²) in [6.07, 6.45) is 0.100. The Bertz CT molecular complexity index is 696. The second kappa shape index (κ2) is 6.02. The highest BCUT2D eigenvalue weighted by Gasteiger charge is 2.38. The Morgan fingerprint density at radius 2 is 1.77 bits per heavy atom. The number of hydrogen-bond acceptors (Lipinski definition) is 3. The van der Waals surface area contributed by atoms with Gasteiger partial charge in [-0.25, -0.2) is 0 Å². The monoisotopic (exact) mass is 295 g/mol. The van der Waals surface area contributed by atoms with Gasteiger partial charge in [0, 0.05) is 24.6 Å². The van der Waals surface area contributed by atoms with Crippen molar-refractivity contribution in [2.45, 2.75) is 19.6 Å². The molecule has 2 aromatic rings. The van der Waals surface area contributed by atoms with Crippen LogP contribution in [0.25, 0.3) is 0 Å². The number of rotatable bonds is 4. The third kappa shape index (κ3) is 2.72. The van der Waals surface area contributed by atoms with Crippen LogP contribution in [0.2, 0.25) is 0 Å². The van der Waals surface area contributed by atoms with Crippen molar-refractivity contribution in [3.63, 3.8) is 0 Å². The van der Waals surface area contributed by atoms with Gasteiger partial charge in [-0.05, 0) is 18.1 Å². The van der Waals surface area contributed by atoms with Gasteiger partial charge in [-0.15, -0.1) is 0 Å². The fourth-order valence-electron chi connectivity index (χ4n) is 2.73. The molecular formula is C18H17NO3. The smallest absolute Gasteiger partial charge is 0.304 e. The summed E-state index contributed by atoms with van der Waals surface area (Å²) in [5.74, 6) is -0.475. The van der Waals surface area contributed by atoms with E-state index in [1.165, 1.54) is 6.92 Å². The van der Waals surface area contributed by atoms with Crippen LogP contribution in [0.5, 0.6) is 0 Å². The SMILES string of the molecule is CC(=O)OC1c2ccccc2C(=O)N1CCc1ccccc1. The van der Waals surface area contributed by atoms with Crippen LogP contribution in [0.15, 0.2) is 54.6 Å². The Morgan fingerprint density at radius 3 is 2.50 bits per heavy atom. The van der Waals surface area contributed by atoms with Gasteiger partial charge in [-0.2, -0.15) is 0 Å². The minimum atomic E-state index is -0.620. The van der Waals surface area contributed by atoms with Gasteiger partial charge < -0.3 is 4.74 Å². The lowest BCUT2D eigenvalue weighted by Crippen LogP contribution is -2.32. The van der Waals surface area contributed by atoms with Crippen LogP contribution >= 0.6 is 0 Å². The molecule has 4 heteroatoms. The minimum Gasteiger partial charge on any atom is -0.437 e. The molecule has 1 heterocycles. The summed E-state index contributed by atoms with van der Waals surface area (Å²) in [5.41, 5.74) is 2.52. The summed E-state index contributed by atoms with van der Waals surface area (Å²) in [6, 6.07) is 17.2. The Labute approximate surface area is 129 Å². The highest BCUT2D eigenvalue weighted by Crippen LogP contribution is 2.34. The quantitative estimate of drug-likeness (QED) is 0.815. The maximum absolute atomic E-state index is 12.5. The largest absolute Gasteiger partial charge is 0.437 e. The molecule has 0 spiro atoms. The van der Waals surface area contributed by atoms with Crippen molar-refractivity contribution in [1.29, 1.82) is 0 Å². The number of hydrogen-bond donors (Lipinski definition) is 0. The topological polar surface area (TPSA) is 46.6 Å². The molecule has 0 radical (unpaired) electrons. The number of amides is 1. The molecule has 0 bridgehead atoms. The van der Waals surface area contributed by atoms with Crippen molar-refractivity contribution in [3.05, 3.63) is 71.3 Å². The van der Waals surface area contributed by atoms with Crippen LogP contribution in [0.4, 0.5) is 0 Å². The zero-order valence-electron chi connectivity index (χ0n) is 12.4. The second-order valence-corrected chi connectivity index (χ2v) is 5.28. The van der Waals surface area contributed by atoms with Crippen LogP contribution in [-0.2, 0) is 16.0 Å². The average Bonchev–Trinajstić information content (AvgIpc) is 2.79. The van der Waals surface area contributed by atoms with Crippen molar-refractivity contribution in [2.24, 2.45) is 0 Å². The summed E-state index contributed by atoms with van der Waals surface area (Å²) in [7, 11) is 0. The lowest BCUT2D eigenvalue weighted by molar-refractivity contribution is -0.153. The van der Waals surface area contributed by atoms with E-state index in [2.05, 4.69) is 0 Å². The third-order valence-electron chi connectivity index (χ3n) is 3.76. The Hall–Kier alpha value is -2.62. The fourth-order valence-corrected chi connectivity index (χ4v) is 2.73. The lowest BCUT2D eigenvalue weighted by atomic mass is 10.1. The molecule has 1 aliphatic heterocycles. The predicted octanol–water partition coefficient (Wildman–Crippen LogP) is 2.95. The van der Waals surface area contributed by atoms with Gasteiger partial charge in [-0.1, -0.05) is 48.5 Å². The Morgan fingerprint density at radius 1 is 1.09 bits per heavy atom.